The first-order valence-corrected chi connectivity index (χ1v) is 4.83. The summed E-state index contributed by atoms with van der Waals surface area (Å²) in [6.45, 7) is -0.382. The number of hydrogen-bond donors (Lipinski definition) is 1. The minimum atomic E-state index is -4.47. The lowest BCUT2D eigenvalue weighted by molar-refractivity contribution is -0.141. The Kier molecular flexibility index (Phi) is 4.21. The second-order valence-corrected chi connectivity index (χ2v) is 3.39. The third-order valence-corrected chi connectivity index (χ3v) is 2.08. The van der Waals surface area contributed by atoms with Gasteiger partial charge in [-0.15, -0.1) is 6.42 Å². The molecule has 0 spiro atoms. The van der Waals surface area contributed by atoms with E-state index in [2.05, 4.69) is 0 Å². The molecule has 0 aliphatic rings. The molecule has 3 nitrogen and oxygen atoms in total. The number of hydrogen-bond acceptors (Lipinski definition) is 2. The lowest BCUT2D eigenvalue weighted by atomic mass is 10.2. The van der Waals surface area contributed by atoms with E-state index in [1.165, 1.54) is 12.1 Å². The molecule has 0 heterocycles. The number of carbonyl (C=O) groups is 1. The molecule has 0 aliphatic carbocycles. The first-order chi connectivity index (χ1) is 8.34. The zero-order valence-corrected chi connectivity index (χ0v) is 9.07. The van der Waals surface area contributed by atoms with Gasteiger partial charge in [0.1, 0.15) is 12.4 Å². The van der Waals surface area contributed by atoms with Gasteiger partial charge in [0.2, 0.25) is 0 Å². The van der Waals surface area contributed by atoms with Crippen LogP contribution in [0.3, 0.4) is 0 Å². The van der Waals surface area contributed by atoms with E-state index in [1.807, 2.05) is 5.92 Å². The fourth-order valence-electron chi connectivity index (χ4n) is 1.13. The molecular weight excluding hydrogens is 249 g/mol. The van der Waals surface area contributed by atoms with E-state index >= 15 is 0 Å². The van der Waals surface area contributed by atoms with Crippen LogP contribution in [0.15, 0.2) is 24.3 Å². The summed E-state index contributed by atoms with van der Waals surface area (Å²) in [7, 11) is 0. The molecule has 1 rings (SSSR count). The van der Waals surface area contributed by atoms with Crippen LogP contribution < -0.4 is 4.74 Å². The molecule has 96 valence electrons. The lowest BCUT2D eigenvalue weighted by Crippen LogP contribution is -2.19. The van der Waals surface area contributed by atoms with Crippen molar-refractivity contribution in [3.05, 3.63) is 29.8 Å². The summed E-state index contributed by atoms with van der Waals surface area (Å²) < 4.78 is 42.1. The van der Waals surface area contributed by atoms with Crippen LogP contribution in [-0.4, -0.2) is 17.7 Å². The van der Waals surface area contributed by atoms with Gasteiger partial charge in [0.25, 0.3) is 0 Å². The van der Waals surface area contributed by atoms with Gasteiger partial charge in [-0.3, -0.25) is 4.79 Å². The van der Waals surface area contributed by atoms with Crippen LogP contribution in [-0.2, 0) is 11.0 Å². The van der Waals surface area contributed by atoms with Gasteiger partial charge in [-0.2, -0.15) is 13.2 Å². The Balaban J connectivity index is 2.75. The summed E-state index contributed by atoms with van der Waals surface area (Å²) in [5, 5.41) is 8.63. The molecule has 0 amide bonds. The Labute approximate surface area is 101 Å². The average molecular weight is 258 g/mol. The van der Waals surface area contributed by atoms with Gasteiger partial charge in [-0.25, -0.2) is 0 Å². The first kappa shape index (κ1) is 13.9. The average Bonchev–Trinajstić information content (AvgIpc) is 2.28. The zero-order chi connectivity index (χ0) is 13.8. The van der Waals surface area contributed by atoms with Gasteiger partial charge < -0.3 is 9.84 Å². The van der Waals surface area contributed by atoms with Crippen molar-refractivity contribution in [2.45, 2.75) is 6.18 Å². The predicted molar refractivity (Wildman–Crippen MR) is 56.9 cm³/mol. The molecular formula is C12H9F3O3. The van der Waals surface area contributed by atoms with Crippen molar-refractivity contribution in [1.82, 2.24) is 0 Å². The number of ether oxygens (including phenoxy) is 1. The number of aliphatic carboxylic acids is 1. The number of rotatable bonds is 4. The number of benzene rings is 1. The van der Waals surface area contributed by atoms with Gasteiger partial charge in [-0.05, 0) is 18.2 Å². The van der Waals surface area contributed by atoms with E-state index in [9.17, 15) is 18.0 Å². The van der Waals surface area contributed by atoms with Gasteiger partial charge in [0.05, 0.1) is 5.56 Å². The van der Waals surface area contributed by atoms with Crippen LogP contribution in [0.2, 0.25) is 0 Å². The van der Waals surface area contributed by atoms with E-state index < -0.39 is 23.6 Å². The van der Waals surface area contributed by atoms with Crippen LogP contribution in [0, 0.1) is 18.3 Å². The fourth-order valence-corrected chi connectivity index (χ4v) is 1.13. The smallest absolute Gasteiger partial charge is 0.416 e. The highest BCUT2D eigenvalue weighted by Gasteiger charge is 2.30. The van der Waals surface area contributed by atoms with Crippen molar-refractivity contribution in [3.8, 4) is 18.1 Å². The molecule has 0 saturated carbocycles. The van der Waals surface area contributed by atoms with E-state index in [1.54, 1.807) is 0 Å². The SMILES string of the molecule is C#C[C@H](COc1cccc(C(F)(F)F)c1)C(=O)O. The van der Waals surface area contributed by atoms with E-state index in [-0.39, 0.29) is 12.4 Å². The summed E-state index contributed by atoms with van der Waals surface area (Å²) >= 11 is 0. The van der Waals surface area contributed by atoms with Crippen LogP contribution in [0.25, 0.3) is 0 Å². The molecule has 6 heteroatoms. The van der Waals surface area contributed by atoms with Crippen molar-refractivity contribution in [1.29, 1.82) is 0 Å². The van der Waals surface area contributed by atoms with Crippen molar-refractivity contribution < 1.29 is 27.8 Å². The minimum Gasteiger partial charge on any atom is -0.492 e. The summed E-state index contributed by atoms with van der Waals surface area (Å²) in [5.74, 6) is -0.562. The molecule has 1 aromatic rings. The van der Waals surface area contributed by atoms with Crippen LogP contribution in [0.4, 0.5) is 13.2 Å². The first-order valence-electron chi connectivity index (χ1n) is 4.83. The molecule has 0 bridgehead atoms. The van der Waals surface area contributed by atoms with Crippen LogP contribution in [0.5, 0.6) is 5.75 Å². The van der Waals surface area contributed by atoms with E-state index in [4.69, 9.17) is 16.3 Å². The molecule has 0 aliphatic heterocycles. The normalized spacial score (nSPS) is 12.6. The molecule has 0 aromatic heterocycles. The monoisotopic (exact) mass is 258 g/mol. The van der Waals surface area contributed by atoms with Crippen molar-refractivity contribution >= 4 is 5.97 Å². The standard InChI is InChI=1S/C12H9F3O3/c1-2-8(11(16)17)7-18-10-5-3-4-9(6-10)12(13,14)15/h1,3-6,8H,7H2,(H,16,17)/t8-/m1/s1. The predicted octanol–water partition coefficient (Wildman–Crippen LogP) is 2.42. The van der Waals surface area contributed by atoms with Gasteiger partial charge in [0, 0.05) is 0 Å². The Morgan fingerprint density at radius 3 is 2.67 bits per heavy atom. The molecule has 0 radical (unpaired) electrons. The molecule has 18 heavy (non-hydrogen) atoms. The number of halogens is 3. The molecule has 1 atom stereocenters. The summed E-state index contributed by atoms with van der Waals surface area (Å²) in [6, 6.07) is 4.15. The largest absolute Gasteiger partial charge is 0.492 e. The topological polar surface area (TPSA) is 46.5 Å². The van der Waals surface area contributed by atoms with Crippen molar-refractivity contribution in [3.63, 3.8) is 0 Å². The highest BCUT2D eigenvalue weighted by Crippen LogP contribution is 2.31. The highest BCUT2D eigenvalue weighted by atomic mass is 19.4. The number of carboxylic acid groups (broad SMARTS) is 1. The highest BCUT2D eigenvalue weighted by molar-refractivity contribution is 5.73. The Bertz CT molecular complexity index is 474. The van der Waals surface area contributed by atoms with E-state index in [0.29, 0.717) is 0 Å². The summed E-state index contributed by atoms with van der Waals surface area (Å²) in [6.07, 6.45) is 0.472. The lowest BCUT2D eigenvalue weighted by Gasteiger charge is -2.11. The number of carboxylic acids is 1. The van der Waals surface area contributed by atoms with Gasteiger partial charge in [-0.1, -0.05) is 12.0 Å². The van der Waals surface area contributed by atoms with Crippen molar-refractivity contribution in [2.24, 2.45) is 5.92 Å². The number of terminal acetylenes is 1. The van der Waals surface area contributed by atoms with Gasteiger partial charge in [0.15, 0.2) is 5.92 Å². The van der Waals surface area contributed by atoms with E-state index in [0.717, 1.165) is 12.1 Å². The molecule has 0 unspecified atom stereocenters. The molecule has 1 aromatic carbocycles. The third-order valence-electron chi connectivity index (χ3n) is 2.08. The Hall–Kier alpha value is -2.16. The Morgan fingerprint density at radius 1 is 1.50 bits per heavy atom. The molecule has 1 N–H and O–H groups in total. The van der Waals surface area contributed by atoms with Crippen molar-refractivity contribution in [2.75, 3.05) is 6.61 Å². The molecule has 0 fully saturated rings. The number of alkyl halides is 3. The quantitative estimate of drug-likeness (QED) is 0.843. The maximum Gasteiger partial charge on any atom is 0.416 e. The summed E-state index contributed by atoms with van der Waals surface area (Å²) in [4.78, 5) is 10.6. The summed E-state index contributed by atoms with van der Waals surface area (Å²) in [5.41, 5.74) is -0.868. The Morgan fingerprint density at radius 2 is 2.17 bits per heavy atom. The maximum absolute atomic E-state index is 12.4. The van der Waals surface area contributed by atoms with Crippen LogP contribution >= 0.6 is 0 Å². The second-order valence-electron chi connectivity index (χ2n) is 3.39. The minimum absolute atomic E-state index is 0.0775. The molecule has 0 saturated heterocycles. The third kappa shape index (κ3) is 3.70. The van der Waals surface area contributed by atoms with Crippen LogP contribution in [0.1, 0.15) is 5.56 Å². The zero-order valence-electron chi connectivity index (χ0n) is 9.07. The second kappa shape index (κ2) is 5.45. The van der Waals surface area contributed by atoms with Gasteiger partial charge >= 0.3 is 12.1 Å². The maximum atomic E-state index is 12.4. The fraction of sp³-hybridized carbons (Fsp3) is 0.250.